The quantitative estimate of drug-likeness (QED) is 0.200. The van der Waals surface area contributed by atoms with Gasteiger partial charge in [-0.25, -0.2) is 19.0 Å². The SMILES string of the molecule is COc1cc(C(=O)NN(Cc2ccc(-c3cc(Cl)ccc3F)cc2)CC(O)C(=O)OCc2oc(=O)oc2C)on1. The van der Waals surface area contributed by atoms with Gasteiger partial charge in [0.05, 0.1) is 19.7 Å². The van der Waals surface area contributed by atoms with E-state index >= 15 is 0 Å². The molecule has 0 saturated heterocycles. The third kappa shape index (κ3) is 7.14. The van der Waals surface area contributed by atoms with Gasteiger partial charge in [0.25, 0.3) is 5.88 Å². The lowest BCUT2D eigenvalue weighted by atomic mass is 10.0. The average Bonchev–Trinajstić information content (AvgIpc) is 3.54. The fourth-order valence-corrected chi connectivity index (χ4v) is 3.73. The Labute approximate surface area is 230 Å². The molecule has 0 aliphatic carbocycles. The first-order valence-corrected chi connectivity index (χ1v) is 12.1. The van der Waals surface area contributed by atoms with E-state index in [2.05, 4.69) is 10.6 Å². The molecule has 2 heterocycles. The second-order valence-corrected chi connectivity index (χ2v) is 8.87. The molecule has 1 amide bonds. The van der Waals surface area contributed by atoms with Crippen molar-refractivity contribution < 1.29 is 41.9 Å². The van der Waals surface area contributed by atoms with Crippen LogP contribution in [0.25, 0.3) is 11.1 Å². The Bertz CT molecular complexity index is 1550. The molecule has 2 aromatic heterocycles. The summed E-state index contributed by atoms with van der Waals surface area (Å²) >= 11 is 6.00. The highest BCUT2D eigenvalue weighted by atomic mass is 35.5. The number of nitrogens with zero attached hydrogens (tertiary/aromatic N) is 2. The predicted molar refractivity (Wildman–Crippen MR) is 136 cm³/mol. The number of carbonyl (C=O) groups is 2. The number of benzene rings is 2. The van der Waals surface area contributed by atoms with E-state index in [1.165, 1.54) is 43.3 Å². The monoisotopic (exact) mass is 575 g/mol. The fraction of sp³-hybridized carbons (Fsp3) is 0.231. The summed E-state index contributed by atoms with van der Waals surface area (Å²) in [5.74, 6) is -3.16. The van der Waals surface area contributed by atoms with Crippen molar-refractivity contribution in [3.63, 3.8) is 0 Å². The van der Waals surface area contributed by atoms with Gasteiger partial charge in [0.15, 0.2) is 24.2 Å². The molecule has 210 valence electrons. The van der Waals surface area contributed by atoms with Crippen LogP contribution in [0.2, 0.25) is 5.02 Å². The summed E-state index contributed by atoms with van der Waals surface area (Å²) in [6, 6.07) is 12.2. The number of aliphatic hydroxyl groups excluding tert-OH is 1. The number of aryl methyl sites for hydroxylation is 1. The van der Waals surface area contributed by atoms with Crippen LogP contribution in [0.5, 0.6) is 5.88 Å². The molecule has 0 aliphatic rings. The summed E-state index contributed by atoms with van der Waals surface area (Å²) < 4.78 is 38.6. The number of amides is 1. The topological polar surface area (TPSA) is 157 Å². The highest BCUT2D eigenvalue weighted by molar-refractivity contribution is 6.30. The molecular formula is C26H23ClFN3O9. The number of hydrogen-bond donors (Lipinski definition) is 2. The zero-order valence-electron chi connectivity index (χ0n) is 21.2. The molecule has 1 unspecified atom stereocenters. The zero-order valence-corrected chi connectivity index (χ0v) is 21.9. The van der Waals surface area contributed by atoms with Crippen molar-refractivity contribution in [1.29, 1.82) is 0 Å². The van der Waals surface area contributed by atoms with Gasteiger partial charge in [-0.05, 0) is 41.4 Å². The van der Waals surface area contributed by atoms with E-state index in [9.17, 15) is 23.9 Å². The summed E-state index contributed by atoms with van der Waals surface area (Å²) in [6.45, 7) is 0.607. The fourth-order valence-electron chi connectivity index (χ4n) is 3.56. The molecule has 14 heteroatoms. The highest BCUT2D eigenvalue weighted by Gasteiger charge is 2.25. The largest absolute Gasteiger partial charge is 0.519 e. The number of hydrogen-bond acceptors (Lipinski definition) is 11. The summed E-state index contributed by atoms with van der Waals surface area (Å²) in [5, 5.41) is 15.7. The highest BCUT2D eigenvalue weighted by Crippen LogP contribution is 2.26. The molecule has 1 atom stereocenters. The van der Waals surface area contributed by atoms with Gasteiger partial charge in [0.2, 0.25) is 5.76 Å². The van der Waals surface area contributed by atoms with Gasteiger partial charge in [-0.2, -0.15) is 0 Å². The molecule has 4 rings (SSSR count). The van der Waals surface area contributed by atoms with E-state index in [1.54, 1.807) is 24.3 Å². The summed E-state index contributed by atoms with van der Waals surface area (Å²) in [6.07, 6.45) is -1.72. The second kappa shape index (κ2) is 12.6. The standard InChI is InChI=1S/C26H23ClFN3O9/c1-14-22(39-26(35)38-14)13-37-25(34)20(32)12-31(29-24(33)21-10-23(36-2)30-40-21)11-15-3-5-16(6-4-15)18-9-17(27)7-8-19(18)28/h3-10,20,32H,11-13H2,1-2H3,(H,29,33). The first-order chi connectivity index (χ1) is 19.1. The molecule has 0 fully saturated rings. The van der Waals surface area contributed by atoms with Crippen LogP contribution in [0.3, 0.4) is 0 Å². The number of aliphatic hydroxyl groups is 1. The van der Waals surface area contributed by atoms with E-state index < -0.39 is 42.8 Å². The van der Waals surface area contributed by atoms with E-state index in [4.69, 9.17) is 34.4 Å². The Morgan fingerprint density at radius 1 is 1.18 bits per heavy atom. The van der Waals surface area contributed by atoms with Crippen LogP contribution in [0.4, 0.5) is 4.39 Å². The van der Waals surface area contributed by atoms with Crippen molar-refractivity contribution in [2.45, 2.75) is 26.2 Å². The number of carbonyl (C=O) groups excluding carboxylic acids is 2. The number of nitrogens with one attached hydrogen (secondary N) is 1. The van der Waals surface area contributed by atoms with E-state index in [1.807, 2.05) is 0 Å². The van der Waals surface area contributed by atoms with Crippen molar-refractivity contribution in [3.8, 4) is 17.0 Å². The Morgan fingerprint density at radius 3 is 2.58 bits per heavy atom. The van der Waals surface area contributed by atoms with Gasteiger partial charge in [-0.15, -0.1) is 0 Å². The Morgan fingerprint density at radius 2 is 1.93 bits per heavy atom. The van der Waals surface area contributed by atoms with Gasteiger partial charge in [-0.3, -0.25) is 10.2 Å². The van der Waals surface area contributed by atoms with Crippen LogP contribution in [-0.4, -0.2) is 46.9 Å². The molecule has 0 aliphatic heterocycles. The van der Waals surface area contributed by atoms with Gasteiger partial charge >= 0.3 is 17.7 Å². The number of hydrazine groups is 1. The van der Waals surface area contributed by atoms with Crippen molar-refractivity contribution >= 4 is 23.5 Å². The van der Waals surface area contributed by atoms with E-state index in [-0.39, 0.29) is 29.7 Å². The minimum Gasteiger partial charge on any atom is -0.479 e. The molecular weight excluding hydrogens is 553 g/mol. The van der Waals surface area contributed by atoms with Crippen molar-refractivity contribution in [3.05, 3.63) is 92.8 Å². The third-order valence-corrected chi connectivity index (χ3v) is 5.83. The maximum atomic E-state index is 14.3. The van der Waals surface area contributed by atoms with Crippen LogP contribution >= 0.6 is 11.6 Å². The second-order valence-electron chi connectivity index (χ2n) is 8.43. The molecule has 0 radical (unpaired) electrons. The third-order valence-electron chi connectivity index (χ3n) is 5.59. The lowest BCUT2D eigenvalue weighted by Gasteiger charge is -2.24. The van der Waals surface area contributed by atoms with Crippen LogP contribution < -0.4 is 16.0 Å². The van der Waals surface area contributed by atoms with Crippen molar-refractivity contribution in [1.82, 2.24) is 15.6 Å². The lowest BCUT2D eigenvalue weighted by molar-refractivity contribution is -0.157. The molecule has 4 aromatic rings. The lowest BCUT2D eigenvalue weighted by Crippen LogP contribution is -2.47. The molecule has 0 saturated carbocycles. The summed E-state index contributed by atoms with van der Waals surface area (Å²) in [4.78, 5) is 36.3. The smallest absolute Gasteiger partial charge is 0.479 e. The molecule has 2 N–H and O–H groups in total. The zero-order chi connectivity index (χ0) is 28.8. The first kappa shape index (κ1) is 28.5. The minimum absolute atomic E-state index is 0.00814. The first-order valence-electron chi connectivity index (χ1n) is 11.7. The van der Waals surface area contributed by atoms with Crippen molar-refractivity contribution in [2.75, 3.05) is 13.7 Å². The van der Waals surface area contributed by atoms with Crippen LogP contribution in [0.1, 0.15) is 27.6 Å². The number of methoxy groups -OCH3 is 1. The van der Waals surface area contributed by atoms with E-state index in [0.717, 1.165) is 0 Å². The normalized spacial score (nSPS) is 11.8. The molecule has 0 bridgehead atoms. The Kier molecular flexibility index (Phi) is 8.99. The van der Waals surface area contributed by atoms with Crippen LogP contribution in [0, 0.1) is 12.7 Å². The van der Waals surface area contributed by atoms with Gasteiger partial charge in [0.1, 0.15) is 5.82 Å². The number of aromatic nitrogens is 1. The maximum absolute atomic E-state index is 14.3. The average molecular weight is 576 g/mol. The Balaban J connectivity index is 1.47. The molecule has 40 heavy (non-hydrogen) atoms. The predicted octanol–water partition coefficient (Wildman–Crippen LogP) is 3.25. The number of esters is 1. The number of halogens is 2. The number of ether oxygens (including phenoxy) is 2. The van der Waals surface area contributed by atoms with Crippen LogP contribution in [-0.2, 0) is 22.7 Å². The summed E-state index contributed by atoms with van der Waals surface area (Å²) in [7, 11) is 1.35. The summed E-state index contributed by atoms with van der Waals surface area (Å²) in [5.41, 5.74) is 4.05. The van der Waals surface area contributed by atoms with Crippen molar-refractivity contribution in [2.24, 2.45) is 0 Å². The van der Waals surface area contributed by atoms with Gasteiger partial charge in [0, 0.05) is 17.1 Å². The van der Waals surface area contributed by atoms with Crippen LogP contribution in [0.15, 0.2) is 66.7 Å². The van der Waals surface area contributed by atoms with Gasteiger partial charge in [-0.1, -0.05) is 35.9 Å². The molecule has 0 spiro atoms. The molecule has 12 nitrogen and oxygen atoms in total. The number of rotatable bonds is 11. The maximum Gasteiger partial charge on any atom is 0.519 e. The van der Waals surface area contributed by atoms with Gasteiger partial charge < -0.3 is 27.9 Å². The Hall–Kier alpha value is -4.46. The van der Waals surface area contributed by atoms with E-state index in [0.29, 0.717) is 21.7 Å². The minimum atomic E-state index is -1.72. The molecule has 2 aromatic carbocycles.